The lowest BCUT2D eigenvalue weighted by atomic mass is 9.93. The van der Waals surface area contributed by atoms with Gasteiger partial charge in [-0.2, -0.15) is 0 Å². The van der Waals surface area contributed by atoms with E-state index in [1.165, 1.54) is 0 Å². The molecule has 2 amide bonds. The highest BCUT2D eigenvalue weighted by Gasteiger charge is 2.38. The Morgan fingerprint density at radius 3 is 2.48 bits per heavy atom. The van der Waals surface area contributed by atoms with Crippen molar-refractivity contribution >= 4 is 29.2 Å². The third kappa shape index (κ3) is 4.39. The number of benzene rings is 1. The summed E-state index contributed by atoms with van der Waals surface area (Å²) in [6, 6.07) is 8.23. The summed E-state index contributed by atoms with van der Waals surface area (Å²) in [5.41, 5.74) is 0.920. The zero-order chi connectivity index (χ0) is 18.0. The summed E-state index contributed by atoms with van der Waals surface area (Å²) in [6.45, 7) is 3.38. The highest BCUT2D eigenvalue weighted by molar-refractivity contribution is 6.30. The molecule has 2 N–H and O–H groups in total. The van der Waals surface area contributed by atoms with Crippen molar-refractivity contribution in [3.8, 4) is 0 Å². The summed E-state index contributed by atoms with van der Waals surface area (Å²) in [4.78, 5) is 24.9. The van der Waals surface area contributed by atoms with Gasteiger partial charge in [0.15, 0.2) is 5.82 Å². The maximum absolute atomic E-state index is 12.7. The lowest BCUT2D eigenvalue weighted by Crippen LogP contribution is -2.44. The van der Waals surface area contributed by atoms with Crippen molar-refractivity contribution in [1.29, 1.82) is 0 Å². The molecule has 0 aliphatic heterocycles. The largest absolute Gasteiger partial charge is 0.360 e. The number of nitrogens with one attached hydrogen (secondary N) is 2. The molecular weight excluding hydrogens is 342 g/mol. The Morgan fingerprint density at radius 1 is 1.24 bits per heavy atom. The SMILES string of the molecule is Cc1cc(NC(=O)[C@H](C)NC(=O)C(c2ccc(Cl)cc2)C2CC2)no1. The number of aryl methyl sites for hydroxylation is 1. The fourth-order valence-corrected chi connectivity index (χ4v) is 2.89. The number of amides is 2. The Bertz CT molecular complexity index is 768. The number of carbonyl (C=O) groups excluding carboxylic acids is 2. The topological polar surface area (TPSA) is 84.2 Å². The number of nitrogens with zero attached hydrogens (tertiary/aromatic N) is 1. The van der Waals surface area contributed by atoms with E-state index in [2.05, 4.69) is 15.8 Å². The molecule has 2 atom stereocenters. The Morgan fingerprint density at radius 2 is 1.92 bits per heavy atom. The summed E-state index contributed by atoms with van der Waals surface area (Å²) in [5.74, 6) is 0.496. The average molecular weight is 362 g/mol. The van der Waals surface area contributed by atoms with Gasteiger partial charge in [-0.05, 0) is 50.3 Å². The van der Waals surface area contributed by atoms with Crippen molar-refractivity contribution in [2.24, 2.45) is 5.92 Å². The molecule has 2 aromatic rings. The molecular formula is C18H20ClN3O3. The molecule has 1 unspecified atom stereocenters. The van der Waals surface area contributed by atoms with Crippen LogP contribution in [0.15, 0.2) is 34.9 Å². The molecule has 132 valence electrons. The van der Waals surface area contributed by atoms with Gasteiger partial charge in [0, 0.05) is 11.1 Å². The minimum Gasteiger partial charge on any atom is -0.360 e. The summed E-state index contributed by atoms with van der Waals surface area (Å²) in [5, 5.41) is 9.77. The number of aromatic nitrogens is 1. The summed E-state index contributed by atoms with van der Waals surface area (Å²) < 4.78 is 4.91. The lowest BCUT2D eigenvalue weighted by Gasteiger charge is -2.20. The Hall–Kier alpha value is -2.34. The van der Waals surface area contributed by atoms with Crippen molar-refractivity contribution in [2.75, 3.05) is 5.32 Å². The van der Waals surface area contributed by atoms with Gasteiger partial charge in [-0.1, -0.05) is 28.9 Å². The van der Waals surface area contributed by atoms with Crippen LogP contribution >= 0.6 is 11.6 Å². The van der Waals surface area contributed by atoms with Crippen molar-refractivity contribution in [2.45, 2.75) is 38.6 Å². The number of anilines is 1. The average Bonchev–Trinajstić information content (AvgIpc) is 3.31. The summed E-state index contributed by atoms with van der Waals surface area (Å²) in [6.07, 6.45) is 2.03. The zero-order valence-corrected chi connectivity index (χ0v) is 14.8. The van der Waals surface area contributed by atoms with Gasteiger partial charge in [0.1, 0.15) is 11.8 Å². The van der Waals surface area contributed by atoms with E-state index in [-0.39, 0.29) is 17.7 Å². The molecule has 0 saturated heterocycles. The lowest BCUT2D eigenvalue weighted by molar-refractivity contribution is -0.127. The van der Waals surface area contributed by atoms with Crippen molar-refractivity contribution in [3.63, 3.8) is 0 Å². The number of carbonyl (C=O) groups is 2. The molecule has 1 aromatic heterocycles. The van der Waals surface area contributed by atoms with E-state index < -0.39 is 6.04 Å². The second-order valence-electron chi connectivity index (χ2n) is 6.41. The van der Waals surface area contributed by atoms with Crippen molar-refractivity contribution < 1.29 is 14.1 Å². The molecule has 1 aliphatic rings. The van der Waals surface area contributed by atoms with Crippen LogP contribution in [0.3, 0.4) is 0 Å². The molecule has 1 heterocycles. The first-order valence-corrected chi connectivity index (χ1v) is 8.62. The van der Waals surface area contributed by atoms with Crippen LogP contribution in [0.1, 0.15) is 37.0 Å². The number of hydrogen-bond acceptors (Lipinski definition) is 4. The van der Waals surface area contributed by atoms with Crippen LogP contribution < -0.4 is 10.6 Å². The molecule has 0 spiro atoms. The quantitative estimate of drug-likeness (QED) is 0.827. The van der Waals surface area contributed by atoms with E-state index >= 15 is 0 Å². The predicted molar refractivity (Wildman–Crippen MR) is 94.4 cm³/mol. The van der Waals surface area contributed by atoms with Crippen molar-refractivity contribution in [3.05, 3.63) is 46.7 Å². The molecule has 0 bridgehead atoms. The molecule has 25 heavy (non-hydrogen) atoms. The van der Waals surface area contributed by atoms with Crippen LogP contribution in [-0.4, -0.2) is 23.0 Å². The highest BCUT2D eigenvalue weighted by atomic mass is 35.5. The molecule has 6 nitrogen and oxygen atoms in total. The van der Waals surface area contributed by atoms with E-state index in [9.17, 15) is 9.59 Å². The van der Waals surface area contributed by atoms with Gasteiger partial charge in [0.2, 0.25) is 11.8 Å². The zero-order valence-electron chi connectivity index (χ0n) is 14.1. The predicted octanol–water partition coefficient (Wildman–Crippen LogP) is 3.27. The van der Waals surface area contributed by atoms with Crippen molar-refractivity contribution in [1.82, 2.24) is 10.5 Å². The van der Waals surface area contributed by atoms with Gasteiger partial charge in [0.25, 0.3) is 0 Å². The minimum atomic E-state index is -0.682. The molecule has 1 fully saturated rings. The van der Waals surface area contributed by atoms with E-state index in [0.717, 1.165) is 18.4 Å². The maximum atomic E-state index is 12.7. The molecule has 7 heteroatoms. The summed E-state index contributed by atoms with van der Waals surface area (Å²) in [7, 11) is 0. The van der Waals surface area contributed by atoms with Crippen LogP contribution in [0.2, 0.25) is 5.02 Å². The second kappa shape index (κ2) is 7.27. The molecule has 1 aromatic carbocycles. The molecule has 0 radical (unpaired) electrons. The molecule has 1 aliphatic carbocycles. The Labute approximate surface area is 150 Å². The first-order chi connectivity index (χ1) is 11.9. The van der Waals surface area contributed by atoms with Crippen LogP contribution in [0, 0.1) is 12.8 Å². The van der Waals surface area contributed by atoms with E-state index in [0.29, 0.717) is 22.5 Å². The fraction of sp³-hybridized carbons (Fsp3) is 0.389. The standard InChI is InChI=1S/C18H20ClN3O3/c1-10-9-15(22-25-10)21-17(23)11(2)20-18(24)16(12-3-4-12)13-5-7-14(19)8-6-13/h5-9,11-12,16H,3-4H2,1-2H3,(H,20,24)(H,21,22,23)/t11-,16?/m0/s1. The fourth-order valence-electron chi connectivity index (χ4n) is 2.77. The van der Waals surface area contributed by atoms with Gasteiger partial charge in [-0.15, -0.1) is 0 Å². The smallest absolute Gasteiger partial charge is 0.247 e. The number of rotatable bonds is 6. The number of hydrogen-bond donors (Lipinski definition) is 2. The van der Waals surface area contributed by atoms with Crippen LogP contribution in [0.5, 0.6) is 0 Å². The Balaban J connectivity index is 1.64. The van der Waals surface area contributed by atoms with Crippen LogP contribution in [0.25, 0.3) is 0 Å². The van der Waals surface area contributed by atoms with Gasteiger partial charge in [-0.3, -0.25) is 9.59 Å². The van der Waals surface area contributed by atoms with Gasteiger partial charge in [-0.25, -0.2) is 0 Å². The second-order valence-corrected chi connectivity index (χ2v) is 6.85. The third-order valence-electron chi connectivity index (χ3n) is 4.24. The highest BCUT2D eigenvalue weighted by Crippen LogP contribution is 2.43. The van der Waals surface area contributed by atoms with E-state index in [4.69, 9.17) is 16.1 Å². The van der Waals surface area contributed by atoms with Crippen LogP contribution in [0.4, 0.5) is 5.82 Å². The monoisotopic (exact) mass is 361 g/mol. The van der Waals surface area contributed by atoms with Gasteiger partial charge < -0.3 is 15.2 Å². The Kier molecular flexibility index (Phi) is 5.08. The molecule has 3 rings (SSSR count). The van der Waals surface area contributed by atoms with E-state index in [1.807, 2.05) is 12.1 Å². The van der Waals surface area contributed by atoms with E-state index in [1.54, 1.807) is 32.0 Å². The normalized spacial score (nSPS) is 16.1. The number of halogens is 1. The summed E-state index contributed by atoms with van der Waals surface area (Å²) >= 11 is 5.93. The molecule has 1 saturated carbocycles. The van der Waals surface area contributed by atoms with Gasteiger partial charge >= 0.3 is 0 Å². The van der Waals surface area contributed by atoms with Gasteiger partial charge in [0.05, 0.1) is 5.92 Å². The third-order valence-corrected chi connectivity index (χ3v) is 4.49. The van der Waals surface area contributed by atoms with Crippen LogP contribution in [-0.2, 0) is 9.59 Å². The first kappa shape index (κ1) is 17.5. The first-order valence-electron chi connectivity index (χ1n) is 8.24. The minimum absolute atomic E-state index is 0.149. The maximum Gasteiger partial charge on any atom is 0.247 e.